The van der Waals surface area contributed by atoms with Crippen LogP contribution >= 0.6 is 0 Å². The average Bonchev–Trinajstić information content (AvgIpc) is 2.55. The Morgan fingerprint density at radius 2 is 1.82 bits per heavy atom. The van der Waals surface area contributed by atoms with E-state index in [1.165, 1.54) is 25.7 Å². The van der Waals surface area contributed by atoms with Gasteiger partial charge in [-0.1, -0.05) is 50.8 Å². The molecule has 0 spiro atoms. The molecule has 122 valence electrons. The summed E-state index contributed by atoms with van der Waals surface area (Å²) in [5, 5.41) is -0.501. The fourth-order valence-corrected chi connectivity index (χ4v) is 4.18. The molecule has 0 aromatic heterocycles. The number of cyclic esters (lactones) is 1. The quantitative estimate of drug-likeness (QED) is 0.531. The van der Waals surface area contributed by atoms with Crippen molar-refractivity contribution in [2.24, 2.45) is 0 Å². The maximum Gasteiger partial charge on any atom is 0.322 e. The lowest BCUT2D eigenvalue weighted by Crippen LogP contribution is -2.37. The van der Waals surface area contributed by atoms with E-state index in [0.29, 0.717) is 11.3 Å². The molecule has 0 amide bonds. The predicted octanol–water partition coefficient (Wildman–Crippen LogP) is 4.23. The first kappa shape index (κ1) is 17.2. The Bertz CT molecular complexity index is 486. The van der Waals surface area contributed by atoms with E-state index >= 15 is 0 Å². The van der Waals surface area contributed by atoms with Gasteiger partial charge in [0.25, 0.3) is 0 Å². The number of hydrogen-bond acceptors (Lipinski definition) is 3. The zero-order chi connectivity index (χ0) is 15.8. The summed E-state index contributed by atoms with van der Waals surface area (Å²) in [6.45, 7) is 2.20. The zero-order valence-electron chi connectivity index (χ0n) is 13.3. The SMILES string of the molecule is CCCCCCCC1CCC(S(=O)c2ccccc2)C(=O)O1. The number of rotatable bonds is 8. The molecule has 4 heteroatoms. The summed E-state index contributed by atoms with van der Waals surface area (Å²) in [6, 6.07) is 9.20. The molecule has 22 heavy (non-hydrogen) atoms. The van der Waals surface area contributed by atoms with Crippen molar-refractivity contribution in [1.82, 2.24) is 0 Å². The van der Waals surface area contributed by atoms with E-state index in [-0.39, 0.29) is 12.1 Å². The van der Waals surface area contributed by atoms with Gasteiger partial charge in [-0.2, -0.15) is 0 Å². The highest BCUT2D eigenvalue weighted by molar-refractivity contribution is 7.86. The molecule has 0 bridgehead atoms. The van der Waals surface area contributed by atoms with Gasteiger partial charge < -0.3 is 4.74 Å². The van der Waals surface area contributed by atoms with Gasteiger partial charge in [-0.15, -0.1) is 0 Å². The normalized spacial score (nSPS) is 23.0. The minimum atomic E-state index is -1.30. The maximum atomic E-state index is 12.5. The molecular weight excluding hydrogens is 296 g/mol. The van der Waals surface area contributed by atoms with Gasteiger partial charge in [-0.05, 0) is 37.8 Å². The van der Waals surface area contributed by atoms with Crippen LogP contribution in [0.4, 0.5) is 0 Å². The van der Waals surface area contributed by atoms with Crippen LogP contribution < -0.4 is 0 Å². The molecule has 3 unspecified atom stereocenters. The Balaban J connectivity index is 1.78. The monoisotopic (exact) mass is 322 g/mol. The van der Waals surface area contributed by atoms with Crippen molar-refractivity contribution in [2.45, 2.75) is 74.5 Å². The van der Waals surface area contributed by atoms with Crippen molar-refractivity contribution >= 4 is 16.8 Å². The lowest BCUT2D eigenvalue weighted by Gasteiger charge is -2.27. The molecule has 0 saturated carbocycles. The van der Waals surface area contributed by atoms with Crippen LogP contribution in [0.2, 0.25) is 0 Å². The van der Waals surface area contributed by atoms with Gasteiger partial charge in [0.15, 0.2) is 0 Å². The second-order valence-electron chi connectivity index (χ2n) is 5.94. The van der Waals surface area contributed by atoms with E-state index in [2.05, 4.69) is 6.92 Å². The lowest BCUT2D eigenvalue weighted by molar-refractivity contribution is -0.153. The first-order valence-corrected chi connectivity index (χ1v) is 9.59. The summed E-state index contributed by atoms with van der Waals surface area (Å²) < 4.78 is 18.0. The van der Waals surface area contributed by atoms with E-state index in [1.54, 1.807) is 0 Å². The standard InChI is InChI=1S/C18H26O3S/c1-2-3-4-5-7-10-15-13-14-17(18(19)21-15)22(20)16-11-8-6-9-12-16/h6,8-9,11-12,15,17H,2-5,7,10,13-14H2,1H3. The smallest absolute Gasteiger partial charge is 0.322 e. The minimum absolute atomic E-state index is 0.0261. The van der Waals surface area contributed by atoms with Crippen molar-refractivity contribution in [2.75, 3.05) is 0 Å². The molecule has 3 nitrogen and oxygen atoms in total. The molecule has 2 rings (SSSR count). The van der Waals surface area contributed by atoms with Crippen molar-refractivity contribution in [3.05, 3.63) is 30.3 Å². The number of unbranched alkanes of at least 4 members (excludes halogenated alkanes) is 4. The van der Waals surface area contributed by atoms with Gasteiger partial charge >= 0.3 is 5.97 Å². The number of benzene rings is 1. The zero-order valence-corrected chi connectivity index (χ0v) is 14.1. The van der Waals surface area contributed by atoms with Crippen LogP contribution in [0.3, 0.4) is 0 Å². The number of ether oxygens (including phenoxy) is 1. The molecule has 1 aliphatic heterocycles. The van der Waals surface area contributed by atoms with Crippen LogP contribution in [-0.2, 0) is 20.3 Å². The highest BCUT2D eigenvalue weighted by atomic mass is 32.2. The maximum absolute atomic E-state index is 12.5. The molecule has 1 saturated heterocycles. The Hall–Kier alpha value is -1.16. The number of hydrogen-bond donors (Lipinski definition) is 0. The highest BCUT2D eigenvalue weighted by Crippen LogP contribution is 2.25. The van der Waals surface area contributed by atoms with Gasteiger partial charge in [-0.3, -0.25) is 9.00 Å². The summed E-state index contributed by atoms with van der Waals surface area (Å²) >= 11 is 0. The Kier molecular flexibility index (Phi) is 7.10. The third kappa shape index (κ3) is 4.94. The Morgan fingerprint density at radius 1 is 1.09 bits per heavy atom. The second-order valence-corrected chi connectivity index (χ2v) is 7.57. The second kappa shape index (κ2) is 9.09. The van der Waals surface area contributed by atoms with Crippen molar-refractivity contribution in [3.8, 4) is 0 Å². The third-order valence-corrected chi connectivity index (χ3v) is 5.84. The van der Waals surface area contributed by atoms with E-state index in [4.69, 9.17) is 4.74 Å². The summed E-state index contributed by atoms with van der Waals surface area (Å²) in [6.07, 6.45) is 8.58. The first-order chi connectivity index (χ1) is 10.7. The van der Waals surface area contributed by atoms with Crippen molar-refractivity contribution in [1.29, 1.82) is 0 Å². The van der Waals surface area contributed by atoms with Crippen LogP contribution in [0.1, 0.15) is 58.3 Å². The van der Waals surface area contributed by atoms with Crippen LogP contribution in [0.15, 0.2) is 35.2 Å². The summed E-state index contributed by atoms with van der Waals surface area (Å²) in [5.41, 5.74) is 0. The molecule has 1 fully saturated rings. The van der Waals surface area contributed by atoms with E-state index < -0.39 is 16.0 Å². The van der Waals surface area contributed by atoms with E-state index in [9.17, 15) is 9.00 Å². The van der Waals surface area contributed by atoms with E-state index in [1.807, 2.05) is 30.3 Å². The number of carbonyl (C=O) groups excluding carboxylic acids is 1. The first-order valence-electron chi connectivity index (χ1n) is 8.38. The lowest BCUT2D eigenvalue weighted by atomic mass is 10.0. The topological polar surface area (TPSA) is 43.4 Å². The predicted molar refractivity (Wildman–Crippen MR) is 89.1 cm³/mol. The summed E-state index contributed by atoms with van der Waals surface area (Å²) in [7, 11) is -1.30. The molecule has 1 aliphatic rings. The third-order valence-electron chi connectivity index (χ3n) is 4.16. The summed E-state index contributed by atoms with van der Waals surface area (Å²) in [5.74, 6) is -0.285. The van der Waals surface area contributed by atoms with Crippen LogP contribution in [0.25, 0.3) is 0 Å². The molecule has 0 aliphatic carbocycles. The largest absolute Gasteiger partial charge is 0.461 e. The average molecular weight is 322 g/mol. The molecule has 1 aromatic rings. The molecule has 0 radical (unpaired) electrons. The Labute approximate surface area is 135 Å². The minimum Gasteiger partial charge on any atom is -0.461 e. The molecular formula is C18H26O3S. The molecule has 1 aromatic carbocycles. The van der Waals surface area contributed by atoms with Gasteiger partial charge in [0, 0.05) is 4.90 Å². The van der Waals surface area contributed by atoms with Gasteiger partial charge in [0.05, 0.1) is 10.8 Å². The van der Waals surface area contributed by atoms with Crippen LogP contribution in [-0.4, -0.2) is 21.5 Å². The van der Waals surface area contributed by atoms with E-state index in [0.717, 1.165) is 19.3 Å². The Morgan fingerprint density at radius 3 is 2.50 bits per heavy atom. The van der Waals surface area contributed by atoms with Crippen LogP contribution in [0.5, 0.6) is 0 Å². The number of esters is 1. The molecule has 1 heterocycles. The summed E-state index contributed by atoms with van der Waals surface area (Å²) in [4.78, 5) is 12.8. The van der Waals surface area contributed by atoms with Gasteiger partial charge in [-0.25, -0.2) is 0 Å². The molecule has 3 atom stereocenters. The van der Waals surface area contributed by atoms with Crippen LogP contribution in [0, 0.1) is 0 Å². The van der Waals surface area contributed by atoms with Crippen molar-refractivity contribution in [3.63, 3.8) is 0 Å². The van der Waals surface area contributed by atoms with Gasteiger partial charge in [0.1, 0.15) is 11.4 Å². The highest BCUT2D eigenvalue weighted by Gasteiger charge is 2.34. The number of carbonyl (C=O) groups is 1. The fraction of sp³-hybridized carbons (Fsp3) is 0.611. The van der Waals surface area contributed by atoms with Gasteiger partial charge in [0.2, 0.25) is 0 Å². The fourth-order valence-electron chi connectivity index (χ4n) is 2.85. The van der Waals surface area contributed by atoms with Crippen molar-refractivity contribution < 1.29 is 13.7 Å². The molecule has 0 N–H and O–H groups in total.